The van der Waals surface area contributed by atoms with Gasteiger partial charge in [-0.1, -0.05) is 84.0 Å². The van der Waals surface area contributed by atoms with Crippen LogP contribution in [0, 0.1) is 16.7 Å². The fraction of sp³-hybridized carbons (Fsp3) is 0.500. The highest BCUT2D eigenvalue weighted by atomic mass is 16.6. The van der Waals surface area contributed by atoms with Crippen molar-refractivity contribution in [2.45, 2.75) is 91.9 Å². The first-order valence-electron chi connectivity index (χ1n) is 19.5. The molecule has 0 saturated carbocycles. The van der Waals surface area contributed by atoms with Crippen molar-refractivity contribution in [2.75, 3.05) is 26.3 Å². The predicted molar refractivity (Wildman–Crippen MR) is 214 cm³/mol. The maximum Gasteiger partial charge on any atom is 0.405 e. The highest BCUT2D eigenvalue weighted by Gasteiger charge is 2.46. The topological polar surface area (TPSA) is 215 Å². The average Bonchev–Trinajstić information content (AvgIpc) is 3.50. The highest BCUT2D eigenvalue weighted by Crippen LogP contribution is 2.35. The maximum absolute atomic E-state index is 14.7. The SMILES string of the molecule is CC(C)(C)C(NC(=O)O)C(=O)NN(Cc1ccc2c(c1)OCCO2)CC(O)C(Cc1ccccc1)NC(=O)C(C1CNC(=O)N1Cc1cccc(CO)n1)C(C)(C)C. The number of benzene rings is 2. The van der Waals surface area contributed by atoms with Gasteiger partial charge < -0.3 is 45.6 Å². The molecule has 0 spiro atoms. The molecule has 5 unspecified atom stereocenters. The van der Waals surface area contributed by atoms with E-state index in [-0.39, 0.29) is 51.1 Å². The molecule has 3 aromatic rings. The molecule has 314 valence electrons. The summed E-state index contributed by atoms with van der Waals surface area (Å²) >= 11 is 0. The number of amides is 5. The summed E-state index contributed by atoms with van der Waals surface area (Å²) in [4.78, 5) is 59.5. The first kappa shape index (κ1) is 43.7. The number of hydrazine groups is 1. The van der Waals surface area contributed by atoms with Gasteiger partial charge in [0.1, 0.15) is 19.3 Å². The summed E-state index contributed by atoms with van der Waals surface area (Å²) in [6.07, 6.45) is -2.40. The van der Waals surface area contributed by atoms with Gasteiger partial charge in [0, 0.05) is 19.6 Å². The van der Waals surface area contributed by atoms with Crippen LogP contribution in [-0.4, -0.2) is 105 Å². The molecule has 0 radical (unpaired) electrons. The molecule has 2 aliphatic rings. The molecule has 16 nitrogen and oxygen atoms in total. The molecule has 16 heteroatoms. The molecule has 5 atom stereocenters. The van der Waals surface area contributed by atoms with Crippen LogP contribution in [0.15, 0.2) is 66.7 Å². The van der Waals surface area contributed by atoms with Crippen LogP contribution >= 0.6 is 0 Å². The summed E-state index contributed by atoms with van der Waals surface area (Å²) < 4.78 is 11.5. The summed E-state index contributed by atoms with van der Waals surface area (Å²) in [7, 11) is 0. The molecule has 0 aliphatic carbocycles. The van der Waals surface area contributed by atoms with Crippen molar-refractivity contribution >= 4 is 23.9 Å². The van der Waals surface area contributed by atoms with Gasteiger partial charge in [-0.05, 0) is 52.6 Å². The van der Waals surface area contributed by atoms with Crippen LogP contribution in [0.1, 0.15) is 64.1 Å². The number of urea groups is 1. The Morgan fingerprint density at radius 3 is 2.24 bits per heavy atom. The van der Waals surface area contributed by atoms with Crippen LogP contribution in [0.25, 0.3) is 0 Å². The molecule has 5 rings (SSSR count). The van der Waals surface area contributed by atoms with Gasteiger partial charge in [-0.25, -0.2) is 14.6 Å². The van der Waals surface area contributed by atoms with E-state index in [1.54, 1.807) is 56.0 Å². The number of fused-ring (bicyclic) bond motifs is 1. The Morgan fingerprint density at radius 2 is 1.59 bits per heavy atom. The van der Waals surface area contributed by atoms with Gasteiger partial charge in [-0.2, -0.15) is 0 Å². The number of aromatic nitrogens is 1. The van der Waals surface area contributed by atoms with Crippen LogP contribution in [-0.2, 0) is 35.7 Å². The largest absolute Gasteiger partial charge is 0.486 e. The molecule has 1 saturated heterocycles. The Morgan fingerprint density at radius 1 is 0.897 bits per heavy atom. The van der Waals surface area contributed by atoms with Crippen LogP contribution < -0.4 is 30.8 Å². The summed E-state index contributed by atoms with van der Waals surface area (Å²) in [5.41, 5.74) is 3.96. The molecular weight excluding hydrogens is 747 g/mol. The lowest BCUT2D eigenvalue weighted by molar-refractivity contribution is -0.134. The summed E-state index contributed by atoms with van der Waals surface area (Å²) in [5.74, 6) is -0.647. The number of aliphatic hydroxyl groups is 2. The number of rotatable bonds is 16. The zero-order valence-corrected chi connectivity index (χ0v) is 34.0. The Bertz CT molecular complexity index is 1900. The third-order valence-corrected chi connectivity index (χ3v) is 10.2. The van der Waals surface area contributed by atoms with E-state index in [0.717, 1.165) is 5.56 Å². The van der Waals surface area contributed by atoms with Crippen LogP contribution in [0.5, 0.6) is 11.5 Å². The Labute approximate surface area is 339 Å². The molecular formula is C42H57N7O9. The van der Waals surface area contributed by atoms with Crippen LogP contribution in [0.4, 0.5) is 9.59 Å². The Kier molecular flexibility index (Phi) is 14.2. The molecule has 5 amide bonds. The van der Waals surface area contributed by atoms with Crippen LogP contribution in [0.2, 0.25) is 0 Å². The normalized spacial score (nSPS) is 17.5. The summed E-state index contributed by atoms with van der Waals surface area (Å²) in [5, 5.41) is 41.2. The van der Waals surface area contributed by atoms with Crippen molar-refractivity contribution < 1.29 is 44.0 Å². The molecule has 0 bridgehead atoms. The number of nitrogens with one attached hydrogen (secondary N) is 4. The van der Waals surface area contributed by atoms with E-state index in [9.17, 15) is 34.5 Å². The zero-order valence-electron chi connectivity index (χ0n) is 34.0. The minimum Gasteiger partial charge on any atom is -0.486 e. The number of carbonyl (C=O) groups is 4. The van der Waals surface area contributed by atoms with E-state index >= 15 is 0 Å². The molecule has 2 aliphatic heterocycles. The molecule has 3 heterocycles. The zero-order chi connectivity index (χ0) is 42.2. The van der Waals surface area contributed by atoms with Crippen molar-refractivity contribution in [3.05, 3.63) is 89.2 Å². The second-order valence-electron chi connectivity index (χ2n) is 17.0. The monoisotopic (exact) mass is 803 g/mol. The fourth-order valence-corrected chi connectivity index (χ4v) is 7.42. The minimum absolute atomic E-state index is 0.0797. The van der Waals surface area contributed by atoms with E-state index in [1.165, 1.54) is 5.01 Å². The summed E-state index contributed by atoms with van der Waals surface area (Å²) in [6.45, 7) is 11.7. The van der Waals surface area contributed by atoms with Gasteiger partial charge in [0.05, 0.1) is 48.6 Å². The lowest BCUT2D eigenvalue weighted by Crippen LogP contribution is -2.60. The van der Waals surface area contributed by atoms with Gasteiger partial charge in [0.15, 0.2) is 11.5 Å². The van der Waals surface area contributed by atoms with Crippen molar-refractivity contribution in [3.63, 3.8) is 0 Å². The lowest BCUT2D eigenvalue weighted by atomic mass is 9.75. The van der Waals surface area contributed by atoms with E-state index in [2.05, 4.69) is 26.4 Å². The Balaban J connectivity index is 1.44. The number of aliphatic hydroxyl groups excluding tert-OH is 2. The number of hydrogen-bond donors (Lipinski definition) is 7. The first-order valence-corrected chi connectivity index (χ1v) is 19.5. The van der Waals surface area contributed by atoms with Gasteiger partial charge in [0.2, 0.25) is 5.91 Å². The molecule has 7 N–H and O–H groups in total. The third kappa shape index (κ3) is 11.6. The first-order chi connectivity index (χ1) is 27.4. The van der Waals surface area contributed by atoms with Crippen molar-refractivity contribution in [2.24, 2.45) is 16.7 Å². The van der Waals surface area contributed by atoms with Crippen molar-refractivity contribution in [1.82, 2.24) is 36.3 Å². The maximum atomic E-state index is 14.7. The predicted octanol–water partition coefficient (Wildman–Crippen LogP) is 3.21. The molecule has 58 heavy (non-hydrogen) atoms. The number of pyridine rings is 1. The number of carboxylic acid groups (broad SMARTS) is 1. The average molecular weight is 804 g/mol. The lowest BCUT2D eigenvalue weighted by Gasteiger charge is -2.39. The molecule has 2 aromatic carbocycles. The Hall–Kier alpha value is -5.45. The fourth-order valence-electron chi connectivity index (χ4n) is 7.42. The number of nitrogens with zero attached hydrogens (tertiary/aromatic N) is 3. The van der Waals surface area contributed by atoms with E-state index < -0.39 is 53.0 Å². The minimum atomic E-state index is -1.36. The third-order valence-electron chi connectivity index (χ3n) is 10.2. The molecule has 1 aromatic heterocycles. The van der Waals surface area contributed by atoms with E-state index in [0.29, 0.717) is 41.7 Å². The smallest absolute Gasteiger partial charge is 0.405 e. The second-order valence-corrected chi connectivity index (χ2v) is 17.0. The number of ether oxygens (including phenoxy) is 2. The second kappa shape index (κ2) is 18.9. The highest BCUT2D eigenvalue weighted by molar-refractivity contribution is 5.86. The van der Waals surface area contributed by atoms with Gasteiger partial charge >= 0.3 is 12.1 Å². The van der Waals surface area contributed by atoms with Crippen molar-refractivity contribution in [3.8, 4) is 11.5 Å². The summed E-state index contributed by atoms with van der Waals surface area (Å²) in [6, 6.07) is 17.0. The standard InChI is InChI=1S/C42H57N7O9/c1-41(2,3)35(31-21-43-39(54)49(31)23-28-13-10-14-29(25-50)44-28)37(52)45-30(19-26-11-8-7-9-12-26)32(51)24-48(47-38(53)36(42(4,5)6)46-40(55)56)22-27-15-16-33-34(20-27)58-18-17-57-33/h7-16,20,30-32,35-36,46,50-51H,17-19,21-25H2,1-6H3,(H,43,54)(H,45,52)(H,47,53)(H,55,56). The van der Waals surface area contributed by atoms with E-state index in [4.69, 9.17) is 9.47 Å². The van der Waals surface area contributed by atoms with Gasteiger partial charge in [0.25, 0.3) is 5.91 Å². The quantitative estimate of drug-likeness (QED) is 0.104. The van der Waals surface area contributed by atoms with Crippen molar-refractivity contribution in [1.29, 1.82) is 0 Å². The van der Waals surface area contributed by atoms with Gasteiger partial charge in [-0.3, -0.25) is 20.0 Å². The molecule has 1 fully saturated rings. The number of carbonyl (C=O) groups excluding carboxylic acids is 3. The van der Waals surface area contributed by atoms with Crippen LogP contribution in [0.3, 0.4) is 0 Å². The van der Waals surface area contributed by atoms with E-state index in [1.807, 2.05) is 57.2 Å². The van der Waals surface area contributed by atoms with Gasteiger partial charge in [-0.15, -0.1) is 0 Å². The number of hydrogen-bond acceptors (Lipinski definition) is 10.